The number of nitrogens with zero attached hydrogens (tertiary/aromatic N) is 1. The van der Waals surface area contributed by atoms with E-state index in [1.807, 2.05) is 6.07 Å². The van der Waals surface area contributed by atoms with Crippen LogP contribution in [0.2, 0.25) is 0 Å². The van der Waals surface area contributed by atoms with Crippen molar-refractivity contribution >= 4 is 21.9 Å². The van der Waals surface area contributed by atoms with Crippen LogP contribution in [-0.2, 0) is 6.42 Å². The highest BCUT2D eigenvalue weighted by molar-refractivity contribution is 6.09. The quantitative estimate of drug-likeness (QED) is 0.410. The average molecular weight is 343 g/mol. The Balaban J connectivity index is 2.11. The maximum absolute atomic E-state index is 6.41. The fourth-order valence-electron chi connectivity index (χ4n) is 3.86. The minimum Gasteiger partial charge on any atom is -0.460 e. The first-order valence-electron chi connectivity index (χ1n) is 9.33. The van der Waals surface area contributed by atoms with Gasteiger partial charge in [0, 0.05) is 22.9 Å². The van der Waals surface area contributed by atoms with Gasteiger partial charge in [0.15, 0.2) is 0 Å². The van der Waals surface area contributed by atoms with Crippen LogP contribution in [0.5, 0.6) is 0 Å². The van der Waals surface area contributed by atoms with Crippen LogP contribution < -0.4 is 0 Å². The zero-order chi connectivity index (χ0) is 18.4. The lowest BCUT2D eigenvalue weighted by atomic mass is 9.98. The van der Waals surface area contributed by atoms with Crippen LogP contribution in [0.1, 0.15) is 36.3 Å². The second-order valence-electron chi connectivity index (χ2n) is 7.81. The Bertz CT molecular complexity index is 1100. The number of hydrogen-bond acceptors (Lipinski definition) is 2. The number of aromatic nitrogens is 1. The van der Waals surface area contributed by atoms with E-state index in [4.69, 9.17) is 9.40 Å². The molecule has 0 atom stereocenters. The van der Waals surface area contributed by atoms with Gasteiger partial charge in [0.05, 0.1) is 16.6 Å². The van der Waals surface area contributed by atoms with Crippen LogP contribution in [0.15, 0.2) is 46.9 Å². The molecular formula is C24H25NO. The van der Waals surface area contributed by atoms with Gasteiger partial charge in [-0.05, 0) is 51.0 Å². The van der Waals surface area contributed by atoms with Crippen LogP contribution in [0.3, 0.4) is 0 Å². The fourth-order valence-corrected chi connectivity index (χ4v) is 3.86. The molecule has 2 heterocycles. The first-order valence-corrected chi connectivity index (χ1v) is 9.33. The van der Waals surface area contributed by atoms with Crippen LogP contribution in [-0.4, -0.2) is 4.98 Å². The molecule has 4 rings (SSSR count). The van der Waals surface area contributed by atoms with Crippen molar-refractivity contribution in [1.29, 1.82) is 0 Å². The predicted molar refractivity (Wildman–Crippen MR) is 110 cm³/mol. The number of rotatable bonds is 3. The molecule has 0 N–H and O–H groups in total. The first kappa shape index (κ1) is 16.8. The lowest BCUT2D eigenvalue weighted by molar-refractivity contribution is 0.498. The third kappa shape index (κ3) is 2.80. The van der Waals surface area contributed by atoms with E-state index in [1.165, 1.54) is 22.3 Å². The van der Waals surface area contributed by atoms with Crippen LogP contribution in [0.25, 0.3) is 33.1 Å². The number of fused-ring (bicyclic) bond motifs is 3. The smallest absolute Gasteiger partial charge is 0.146 e. The molecule has 0 saturated heterocycles. The Hall–Kier alpha value is -2.61. The highest BCUT2D eigenvalue weighted by atomic mass is 16.3. The molecule has 4 aromatic rings. The highest BCUT2D eigenvalue weighted by Gasteiger charge is 2.20. The minimum absolute atomic E-state index is 0.554. The number of pyridine rings is 1. The lowest BCUT2D eigenvalue weighted by Gasteiger charge is -2.09. The molecule has 2 aromatic carbocycles. The second kappa shape index (κ2) is 6.28. The van der Waals surface area contributed by atoms with Gasteiger partial charge in [-0.15, -0.1) is 0 Å². The summed E-state index contributed by atoms with van der Waals surface area (Å²) >= 11 is 0. The van der Waals surface area contributed by atoms with Crippen molar-refractivity contribution in [2.45, 2.75) is 41.0 Å². The van der Waals surface area contributed by atoms with Crippen molar-refractivity contribution < 1.29 is 4.42 Å². The second-order valence-corrected chi connectivity index (χ2v) is 7.81. The van der Waals surface area contributed by atoms with Crippen LogP contribution in [0, 0.1) is 26.7 Å². The highest BCUT2D eigenvalue weighted by Crippen LogP contribution is 2.38. The third-order valence-electron chi connectivity index (χ3n) is 4.95. The summed E-state index contributed by atoms with van der Waals surface area (Å²) in [7, 11) is 0. The van der Waals surface area contributed by atoms with Crippen molar-refractivity contribution in [1.82, 2.24) is 4.98 Å². The summed E-state index contributed by atoms with van der Waals surface area (Å²) in [5, 5.41) is 2.25. The normalized spacial score (nSPS) is 11.8. The Labute approximate surface area is 154 Å². The predicted octanol–water partition coefficient (Wildman–Crippen LogP) is 6.77. The van der Waals surface area contributed by atoms with Gasteiger partial charge in [-0.3, -0.25) is 0 Å². The molecule has 0 saturated carbocycles. The van der Waals surface area contributed by atoms with E-state index < -0.39 is 0 Å². The third-order valence-corrected chi connectivity index (χ3v) is 4.95. The van der Waals surface area contributed by atoms with E-state index in [-0.39, 0.29) is 0 Å². The van der Waals surface area contributed by atoms with Gasteiger partial charge in [-0.2, -0.15) is 0 Å². The molecule has 26 heavy (non-hydrogen) atoms. The summed E-state index contributed by atoms with van der Waals surface area (Å²) < 4.78 is 6.41. The maximum atomic E-state index is 6.41. The molecule has 0 fully saturated rings. The molecule has 0 spiro atoms. The monoisotopic (exact) mass is 343 g/mol. The molecule has 0 radical (unpaired) electrons. The Kier molecular flexibility index (Phi) is 4.07. The first-order chi connectivity index (χ1) is 12.4. The summed E-state index contributed by atoms with van der Waals surface area (Å²) in [4.78, 5) is 5.05. The molecule has 0 unspecified atom stereocenters. The summed E-state index contributed by atoms with van der Waals surface area (Å²) in [6.45, 7) is 10.9. The fraction of sp³-hybridized carbons (Fsp3) is 0.292. The van der Waals surface area contributed by atoms with Crippen molar-refractivity contribution in [2.24, 2.45) is 5.92 Å². The Morgan fingerprint density at radius 2 is 1.65 bits per heavy atom. The molecule has 132 valence electrons. The molecule has 0 aliphatic carbocycles. The standard InChI is InChI=1S/C24H25NO/c1-14(2)10-21-17(5)22-23(18-12-15(3)11-16(4)13-18)25-20-9-7-6-8-19(20)24(22)26-21/h6-9,11-14H,10H2,1-5H3. The number of furan rings is 1. The number of para-hydroxylation sites is 1. The minimum atomic E-state index is 0.554. The van der Waals surface area contributed by atoms with Crippen molar-refractivity contribution in [2.75, 3.05) is 0 Å². The lowest BCUT2D eigenvalue weighted by Crippen LogP contribution is -1.94. The molecule has 2 nitrogen and oxygen atoms in total. The van der Waals surface area contributed by atoms with E-state index in [9.17, 15) is 0 Å². The number of hydrogen-bond donors (Lipinski definition) is 0. The van der Waals surface area contributed by atoms with Gasteiger partial charge in [0.25, 0.3) is 0 Å². The van der Waals surface area contributed by atoms with Gasteiger partial charge in [-0.1, -0.05) is 43.2 Å². The zero-order valence-electron chi connectivity index (χ0n) is 16.2. The molecular weight excluding hydrogens is 318 g/mol. The molecule has 0 aliphatic heterocycles. The van der Waals surface area contributed by atoms with Crippen LogP contribution in [0.4, 0.5) is 0 Å². The number of benzene rings is 2. The van der Waals surface area contributed by atoms with E-state index >= 15 is 0 Å². The van der Waals surface area contributed by atoms with Gasteiger partial charge < -0.3 is 4.42 Å². The largest absolute Gasteiger partial charge is 0.460 e. The maximum Gasteiger partial charge on any atom is 0.146 e. The SMILES string of the molecule is Cc1cc(C)cc(-c2nc3ccccc3c3oc(CC(C)C)c(C)c23)c1. The molecule has 0 amide bonds. The molecule has 0 aliphatic rings. The van der Waals surface area contributed by atoms with Gasteiger partial charge in [0.1, 0.15) is 11.3 Å². The summed E-state index contributed by atoms with van der Waals surface area (Å²) in [5.74, 6) is 1.64. The van der Waals surface area contributed by atoms with E-state index in [0.717, 1.165) is 39.7 Å². The summed E-state index contributed by atoms with van der Waals surface area (Å²) in [5.41, 5.74) is 7.89. The Morgan fingerprint density at radius 3 is 2.35 bits per heavy atom. The van der Waals surface area contributed by atoms with Gasteiger partial charge >= 0.3 is 0 Å². The van der Waals surface area contributed by atoms with E-state index in [2.05, 4.69) is 71.0 Å². The topological polar surface area (TPSA) is 26.0 Å². The molecule has 2 heteroatoms. The Morgan fingerprint density at radius 1 is 0.962 bits per heavy atom. The zero-order valence-corrected chi connectivity index (χ0v) is 16.2. The van der Waals surface area contributed by atoms with Gasteiger partial charge in [-0.25, -0.2) is 4.98 Å². The van der Waals surface area contributed by atoms with Crippen molar-refractivity contribution in [3.63, 3.8) is 0 Å². The average Bonchev–Trinajstić information content (AvgIpc) is 2.90. The van der Waals surface area contributed by atoms with Crippen molar-refractivity contribution in [3.8, 4) is 11.3 Å². The van der Waals surface area contributed by atoms with E-state index in [1.54, 1.807) is 0 Å². The van der Waals surface area contributed by atoms with E-state index in [0.29, 0.717) is 5.92 Å². The molecule has 0 bridgehead atoms. The van der Waals surface area contributed by atoms with Gasteiger partial charge in [0.2, 0.25) is 0 Å². The summed E-state index contributed by atoms with van der Waals surface area (Å²) in [6.07, 6.45) is 0.946. The molecule has 2 aromatic heterocycles. The number of aryl methyl sites for hydroxylation is 3. The van der Waals surface area contributed by atoms with Crippen LogP contribution >= 0.6 is 0 Å². The van der Waals surface area contributed by atoms with Crippen molar-refractivity contribution in [3.05, 3.63) is 64.9 Å². The summed E-state index contributed by atoms with van der Waals surface area (Å²) in [6, 6.07) is 14.9.